The molecule has 0 aliphatic carbocycles. The molecule has 0 saturated carbocycles. The zero-order valence-electron chi connectivity index (χ0n) is 11.8. The molecule has 0 bridgehead atoms. The maximum Gasteiger partial charge on any atom is 0.310 e. The first kappa shape index (κ1) is 16.7. The van der Waals surface area contributed by atoms with E-state index in [0.29, 0.717) is 11.8 Å². The highest BCUT2D eigenvalue weighted by atomic mass is 32.2. The van der Waals surface area contributed by atoms with Crippen LogP contribution in [-0.2, 0) is 9.59 Å². The molecule has 0 aromatic rings. The lowest BCUT2D eigenvalue weighted by molar-refractivity contribution is -0.153. The Morgan fingerprint density at radius 3 is 2.58 bits per heavy atom. The van der Waals surface area contributed by atoms with Crippen LogP contribution in [0.15, 0.2) is 0 Å². The number of carboxylic acid groups (broad SMARTS) is 1. The molecule has 0 radical (unpaired) electrons. The van der Waals surface area contributed by atoms with Gasteiger partial charge in [0.05, 0.1) is 5.41 Å². The molecule has 2 unspecified atom stereocenters. The standard InChI is InChI=1S/C13H23NO3S2/c1-9(2)13(3,12(16)17)6-11(15)14-7-10-8-18-4-5-19-10/h9-10H,4-8H2,1-3H3,(H,14,15)(H,16,17). The molecule has 1 saturated heterocycles. The van der Waals surface area contributed by atoms with Gasteiger partial charge in [0.2, 0.25) is 5.91 Å². The molecular formula is C13H23NO3S2. The van der Waals surface area contributed by atoms with Crippen molar-refractivity contribution in [1.29, 1.82) is 0 Å². The van der Waals surface area contributed by atoms with E-state index in [1.165, 1.54) is 5.75 Å². The lowest BCUT2D eigenvalue weighted by Gasteiger charge is -2.29. The van der Waals surface area contributed by atoms with E-state index in [-0.39, 0.29) is 18.2 Å². The third kappa shape index (κ3) is 4.91. The summed E-state index contributed by atoms with van der Waals surface area (Å²) in [5.41, 5.74) is -0.988. The van der Waals surface area contributed by atoms with Crippen LogP contribution in [0.25, 0.3) is 0 Å². The average Bonchev–Trinajstić information content (AvgIpc) is 2.37. The van der Waals surface area contributed by atoms with Gasteiger partial charge in [-0.15, -0.1) is 0 Å². The number of carbonyl (C=O) groups is 2. The van der Waals surface area contributed by atoms with E-state index in [9.17, 15) is 14.7 Å². The van der Waals surface area contributed by atoms with Gasteiger partial charge < -0.3 is 10.4 Å². The van der Waals surface area contributed by atoms with Crippen LogP contribution in [0.1, 0.15) is 27.2 Å². The summed E-state index contributed by atoms with van der Waals surface area (Å²) >= 11 is 3.80. The fourth-order valence-electron chi connectivity index (χ4n) is 1.80. The number of rotatable bonds is 6. The van der Waals surface area contributed by atoms with Gasteiger partial charge in [-0.2, -0.15) is 23.5 Å². The monoisotopic (exact) mass is 305 g/mol. The average molecular weight is 305 g/mol. The highest BCUT2D eigenvalue weighted by molar-refractivity contribution is 8.06. The van der Waals surface area contributed by atoms with Crippen LogP contribution in [0.2, 0.25) is 0 Å². The quantitative estimate of drug-likeness (QED) is 0.786. The molecule has 19 heavy (non-hydrogen) atoms. The minimum atomic E-state index is -0.988. The smallest absolute Gasteiger partial charge is 0.310 e. The number of carbonyl (C=O) groups excluding carboxylic acids is 1. The van der Waals surface area contributed by atoms with Gasteiger partial charge in [0.25, 0.3) is 0 Å². The molecular weight excluding hydrogens is 282 g/mol. The fraction of sp³-hybridized carbons (Fsp3) is 0.846. The Morgan fingerprint density at radius 1 is 1.42 bits per heavy atom. The number of carboxylic acids is 1. The van der Waals surface area contributed by atoms with Crippen LogP contribution in [-0.4, -0.2) is 46.0 Å². The molecule has 1 heterocycles. The van der Waals surface area contributed by atoms with Crippen LogP contribution in [0.4, 0.5) is 0 Å². The van der Waals surface area contributed by atoms with Gasteiger partial charge in [-0.3, -0.25) is 9.59 Å². The zero-order chi connectivity index (χ0) is 14.5. The molecule has 0 aromatic carbocycles. The predicted octanol–water partition coefficient (Wildman–Crippen LogP) is 2.09. The number of aliphatic carboxylic acids is 1. The fourth-order valence-corrected chi connectivity index (χ4v) is 4.42. The molecule has 110 valence electrons. The first-order valence-corrected chi connectivity index (χ1v) is 8.76. The predicted molar refractivity (Wildman–Crippen MR) is 81.8 cm³/mol. The summed E-state index contributed by atoms with van der Waals surface area (Å²) < 4.78 is 0. The summed E-state index contributed by atoms with van der Waals surface area (Å²) in [4.78, 5) is 23.2. The van der Waals surface area contributed by atoms with E-state index >= 15 is 0 Å². The number of hydrogen-bond acceptors (Lipinski definition) is 4. The minimum Gasteiger partial charge on any atom is -0.481 e. The van der Waals surface area contributed by atoms with Gasteiger partial charge in [0.15, 0.2) is 0 Å². The van der Waals surface area contributed by atoms with Crippen molar-refractivity contribution in [2.45, 2.75) is 32.4 Å². The largest absolute Gasteiger partial charge is 0.481 e. The van der Waals surface area contributed by atoms with Gasteiger partial charge in [-0.05, 0) is 12.8 Å². The molecule has 4 nitrogen and oxygen atoms in total. The molecule has 0 spiro atoms. The van der Waals surface area contributed by atoms with Gasteiger partial charge >= 0.3 is 5.97 Å². The summed E-state index contributed by atoms with van der Waals surface area (Å²) in [5.74, 6) is 2.24. The minimum absolute atomic E-state index is 0.0462. The summed E-state index contributed by atoms with van der Waals surface area (Å²) in [6, 6.07) is 0. The van der Waals surface area contributed by atoms with E-state index in [4.69, 9.17) is 0 Å². The Bertz CT molecular complexity index is 330. The Labute approximate surface area is 123 Å². The lowest BCUT2D eigenvalue weighted by atomic mass is 9.76. The number of hydrogen-bond donors (Lipinski definition) is 2. The van der Waals surface area contributed by atoms with Crippen molar-refractivity contribution in [2.24, 2.45) is 11.3 Å². The topological polar surface area (TPSA) is 66.4 Å². The van der Waals surface area contributed by atoms with Crippen molar-refractivity contribution < 1.29 is 14.7 Å². The summed E-state index contributed by atoms with van der Waals surface area (Å²) in [5, 5.41) is 12.6. The second-order valence-corrected chi connectivity index (χ2v) is 7.98. The molecule has 1 aliphatic heterocycles. The first-order chi connectivity index (χ1) is 8.86. The van der Waals surface area contributed by atoms with Crippen molar-refractivity contribution in [3.05, 3.63) is 0 Å². The third-order valence-corrected chi connectivity index (χ3v) is 6.55. The van der Waals surface area contributed by atoms with Crippen LogP contribution in [0.5, 0.6) is 0 Å². The number of thioether (sulfide) groups is 2. The normalized spacial score (nSPS) is 22.8. The molecule has 1 aliphatic rings. The first-order valence-electron chi connectivity index (χ1n) is 6.55. The molecule has 1 fully saturated rings. The SMILES string of the molecule is CC(C)C(C)(CC(=O)NCC1CSCCS1)C(=O)O. The van der Waals surface area contributed by atoms with E-state index in [0.717, 1.165) is 11.5 Å². The maximum atomic E-state index is 11.9. The Hall–Kier alpha value is -0.360. The Balaban J connectivity index is 2.42. The van der Waals surface area contributed by atoms with Crippen molar-refractivity contribution in [2.75, 3.05) is 23.8 Å². The van der Waals surface area contributed by atoms with Crippen molar-refractivity contribution in [1.82, 2.24) is 5.32 Å². The molecule has 0 aromatic heterocycles. The van der Waals surface area contributed by atoms with Crippen molar-refractivity contribution in [3.63, 3.8) is 0 Å². The van der Waals surface area contributed by atoms with E-state index < -0.39 is 11.4 Å². The summed E-state index contributed by atoms with van der Waals surface area (Å²) in [7, 11) is 0. The maximum absolute atomic E-state index is 11.9. The lowest BCUT2D eigenvalue weighted by Crippen LogP contribution is -2.41. The number of amides is 1. The van der Waals surface area contributed by atoms with Gasteiger partial charge in [-0.25, -0.2) is 0 Å². The molecule has 1 rings (SSSR count). The van der Waals surface area contributed by atoms with Gasteiger partial charge in [0.1, 0.15) is 0 Å². The van der Waals surface area contributed by atoms with Crippen LogP contribution >= 0.6 is 23.5 Å². The molecule has 6 heteroatoms. The Morgan fingerprint density at radius 2 is 2.11 bits per heavy atom. The number of nitrogens with one attached hydrogen (secondary N) is 1. The van der Waals surface area contributed by atoms with Crippen LogP contribution < -0.4 is 5.32 Å². The van der Waals surface area contributed by atoms with Gasteiger partial charge in [-0.1, -0.05) is 13.8 Å². The van der Waals surface area contributed by atoms with E-state index in [2.05, 4.69) is 5.32 Å². The molecule has 1 amide bonds. The highest BCUT2D eigenvalue weighted by Gasteiger charge is 2.38. The Kier molecular flexibility index (Phi) is 6.53. The molecule has 2 atom stereocenters. The summed E-state index contributed by atoms with van der Waals surface area (Å²) in [6.45, 7) is 5.97. The second kappa shape index (κ2) is 7.43. The van der Waals surface area contributed by atoms with E-state index in [1.54, 1.807) is 6.92 Å². The van der Waals surface area contributed by atoms with Crippen molar-refractivity contribution in [3.8, 4) is 0 Å². The highest BCUT2D eigenvalue weighted by Crippen LogP contribution is 2.31. The van der Waals surface area contributed by atoms with Crippen molar-refractivity contribution >= 4 is 35.4 Å². The van der Waals surface area contributed by atoms with Crippen LogP contribution in [0.3, 0.4) is 0 Å². The summed E-state index contributed by atoms with van der Waals surface area (Å²) in [6.07, 6.45) is 0.0462. The second-order valence-electron chi connectivity index (χ2n) is 5.43. The van der Waals surface area contributed by atoms with Gasteiger partial charge in [0, 0.05) is 35.5 Å². The third-order valence-electron chi connectivity index (χ3n) is 3.70. The molecule has 2 N–H and O–H groups in total. The van der Waals surface area contributed by atoms with E-state index in [1.807, 2.05) is 37.4 Å². The zero-order valence-corrected chi connectivity index (χ0v) is 13.4. The van der Waals surface area contributed by atoms with Crippen LogP contribution in [0, 0.1) is 11.3 Å².